The summed E-state index contributed by atoms with van der Waals surface area (Å²) >= 11 is 0. The van der Waals surface area contributed by atoms with Crippen LogP contribution in [0.2, 0.25) is 0 Å². The van der Waals surface area contributed by atoms with E-state index in [4.69, 9.17) is 0 Å². The zero-order valence-electron chi connectivity index (χ0n) is 8.40. The number of nitrogens with zero attached hydrogens (tertiary/aromatic N) is 3. The first-order valence-corrected chi connectivity index (χ1v) is 4.08. The van der Waals surface area contributed by atoms with Gasteiger partial charge in [-0.2, -0.15) is 0 Å². The largest absolute Gasteiger partial charge is 0.293 e. The van der Waals surface area contributed by atoms with Gasteiger partial charge in [0.25, 0.3) is 0 Å². The number of Topliss-reactive ketones (excluding diaryl/α,β-unsaturated/α-hetero) is 1. The molecule has 0 radical (unpaired) electrons. The van der Waals surface area contributed by atoms with Crippen LogP contribution in [0.15, 0.2) is 12.1 Å². The van der Waals surface area contributed by atoms with Gasteiger partial charge in [0.1, 0.15) is 5.69 Å². The Bertz CT molecular complexity index is 311. The Morgan fingerprint density at radius 1 is 1.23 bits per heavy atom. The summed E-state index contributed by atoms with van der Waals surface area (Å²) in [6.45, 7) is 1.48. The van der Waals surface area contributed by atoms with Gasteiger partial charge in [0.05, 0.1) is 21.1 Å². The summed E-state index contributed by atoms with van der Waals surface area (Å²) in [6.07, 6.45) is 0. The Morgan fingerprint density at radius 2 is 1.85 bits per heavy atom. The molecule has 1 heterocycles. The summed E-state index contributed by atoms with van der Waals surface area (Å²) < 4.78 is 0.602. The minimum Gasteiger partial charge on any atom is -0.293 e. The fourth-order valence-electron chi connectivity index (χ4n) is 0.871. The van der Waals surface area contributed by atoms with Crippen LogP contribution in [0.4, 0.5) is 5.82 Å². The lowest BCUT2D eigenvalue weighted by molar-refractivity contribution is 0.101. The molecule has 0 aliphatic heterocycles. The molecule has 13 heavy (non-hydrogen) atoms. The quantitative estimate of drug-likeness (QED) is 0.501. The lowest BCUT2D eigenvalue weighted by Crippen LogP contribution is -2.36. The number of hydrogen-bond donors (Lipinski definition) is 0. The Labute approximate surface area is 77.8 Å². The third kappa shape index (κ3) is 2.32. The molecule has 0 aliphatic carbocycles. The molecule has 0 saturated heterocycles. The summed E-state index contributed by atoms with van der Waals surface area (Å²) in [5.74, 6) is 0.783. The lowest BCUT2D eigenvalue weighted by Gasteiger charge is -2.20. The minimum absolute atomic E-state index is 0.0551. The number of rotatable bonds is 2. The summed E-state index contributed by atoms with van der Waals surface area (Å²) in [7, 11) is 5.99. The average molecular weight is 180 g/mol. The van der Waals surface area contributed by atoms with Crippen LogP contribution in [0.25, 0.3) is 0 Å². The number of aromatic nitrogens is 2. The molecule has 0 spiro atoms. The minimum atomic E-state index is -0.0551. The molecule has 1 aromatic heterocycles. The van der Waals surface area contributed by atoms with Crippen LogP contribution >= 0.6 is 0 Å². The molecule has 0 amide bonds. The van der Waals surface area contributed by atoms with Gasteiger partial charge in [0, 0.05) is 13.0 Å². The van der Waals surface area contributed by atoms with E-state index in [-0.39, 0.29) is 5.78 Å². The van der Waals surface area contributed by atoms with Crippen LogP contribution in [0.3, 0.4) is 0 Å². The van der Waals surface area contributed by atoms with Crippen LogP contribution in [-0.4, -0.2) is 37.1 Å². The van der Waals surface area contributed by atoms with Gasteiger partial charge < -0.3 is 0 Å². The van der Waals surface area contributed by atoms with Gasteiger partial charge in [-0.15, -0.1) is 5.10 Å². The van der Waals surface area contributed by atoms with Crippen molar-refractivity contribution in [2.75, 3.05) is 21.1 Å². The maximum absolute atomic E-state index is 10.9. The second-order valence-corrected chi connectivity index (χ2v) is 3.85. The van der Waals surface area contributed by atoms with Crippen molar-refractivity contribution in [1.82, 2.24) is 14.7 Å². The van der Waals surface area contributed by atoms with E-state index in [1.165, 1.54) is 6.92 Å². The highest BCUT2D eigenvalue weighted by Gasteiger charge is 2.14. The third-order valence-corrected chi connectivity index (χ3v) is 1.70. The maximum Gasteiger partial charge on any atom is 0.246 e. The van der Waals surface area contributed by atoms with E-state index in [1.807, 2.05) is 27.2 Å². The second-order valence-electron chi connectivity index (χ2n) is 3.85. The zero-order valence-corrected chi connectivity index (χ0v) is 8.40. The molecule has 1 aromatic rings. The van der Waals surface area contributed by atoms with Crippen molar-refractivity contribution in [2.24, 2.45) is 0 Å². The summed E-state index contributed by atoms with van der Waals surface area (Å²) in [5.41, 5.74) is 0.414. The first kappa shape index (κ1) is 9.80. The van der Waals surface area contributed by atoms with Crippen LogP contribution < -0.4 is 4.48 Å². The Balaban J connectivity index is 3.01. The summed E-state index contributed by atoms with van der Waals surface area (Å²) in [5, 5.41) is 7.80. The molecule has 0 fully saturated rings. The SMILES string of the molecule is CC(=O)c1ccc([N+](C)(C)C)nn1. The van der Waals surface area contributed by atoms with Crippen molar-refractivity contribution in [3.8, 4) is 0 Å². The topological polar surface area (TPSA) is 42.9 Å². The fraction of sp³-hybridized carbons (Fsp3) is 0.444. The van der Waals surface area contributed by atoms with Gasteiger partial charge in [-0.1, -0.05) is 5.10 Å². The molecule has 4 nitrogen and oxygen atoms in total. The highest BCUT2D eigenvalue weighted by Crippen LogP contribution is 2.11. The monoisotopic (exact) mass is 180 g/mol. The molecule has 0 unspecified atom stereocenters. The van der Waals surface area contributed by atoms with E-state index in [2.05, 4.69) is 10.2 Å². The highest BCUT2D eigenvalue weighted by atomic mass is 16.1. The van der Waals surface area contributed by atoms with E-state index in [0.29, 0.717) is 10.2 Å². The molecule has 70 valence electrons. The van der Waals surface area contributed by atoms with Crippen LogP contribution in [0.5, 0.6) is 0 Å². The van der Waals surface area contributed by atoms with Gasteiger partial charge >= 0.3 is 0 Å². The van der Waals surface area contributed by atoms with Gasteiger partial charge in [-0.25, -0.2) is 0 Å². The smallest absolute Gasteiger partial charge is 0.246 e. The summed E-state index contributed by atoms with van der Waals surface area (Å²) in [6, 6.07) is 3.53. The first-order valence-electron chi connectivity index (χ1n) is 4.08. The lowest BCUT2D eigenvalue weighted by atomic mass is 10.3. The van der Waals surface area contributed by atoms with E-state index < -0.39 is 0 Å². The third-order valence-electron chi connectivity index (χ3n) is 1.70. The Morgan fingerprint density at radius 3 is 2.15 bits per heavy atom. The normalized spacial score (nSPS) is 11.4. The second kappa shape index (κ2) is 3.22. The zero-order chi connectivity index (χ0) is 10.1. The van der Waals surface area contributed by atoms with E-state index in [0.717, 1.165) is 5.82 Å². The molecule has 0 N–H and O–H groups in total. The van der Waals surface area contributed by atoms with Gasteiger partial charge in [0.2, 0.25) is 5.82 Å². The predicted octanol–water partition coefficient (Wildman–Crippen LogP) is 0.876. The number of carbonyl (C=O) groups excluding carboxylic acids is 1. The average Bonchev–Trinajstić information content (AvgIpc) is 2.03. The van der Waals surface area contributed by atoms with Crippen molar-refractivity contribution in [2.45, 2.75) is 6.92 Å². The maximum atomic E-state index is 10.9. The van der Waals surface area contributed by atoms with E-state index in [9.17, 15) is 4.79 Å². The highest BCUT2D eigenvalue weighted by molar-refractivity contribution is 5.91. The molecule has 0 atom stereocenters. The first-order chi connectivity index (χ1) is 5.91. The molecule has 0 saturated carbocycles. The van der Waals surface area contributed by atoms with Gasteiger partial charge in [0.15, 0.2) is 5.78 Å². The molecule has 0 aliphatic rings. The van der Waals surface area contributed by atoms with Crippen LogP contribution in [0.1, 0.15) is 17.4 Å². The number of hydrogen-bond acceptors (Lipinski definition) is 3. The Kier molecular flexibility index (Phi) is 2.43. The molecule has 0 aromatic carbocycles. The van der Waals surface area contributed by atoms with E-state index in [1.54, 1.807) is 6.07 Å². The van der Waals surface area contributed by atoms with Gasteiger partial charge in [-0.05, 0) is 6.07 Å². The molecule has 1 rings (SSSR count). The predicted molar refractivity (Wildman–Crippen MR) is 51.6 cm³/mol. The summed E-state index contributed by atoms with van der Waals surface area (Å²) in [4.78, 5) is 10.9. The fourth-order valence-corrected chi connectivity index (χ4v) is 0.871. The van der Waals surface area contributed by atoms with Crippen LogP contribution in [0, 0.1) is 0 Å². The Hall–Kier alpha value is -1.29. The molecular weight excluding hydrogens is 166 g/mol. The van der Waals surface area contributed by atoms with Crippen LogP contribution in [-0.2, 0) is 0 Å². The van der Waals surface area contributed by atoms with Crippen molar-refractivity contribution in [3.05, 3.63) is 17.8 Å². The molecule has 4 heteroatoms. The van der Waals surface area contributed by atoms with Crippen molar-refractivity contribution in [3.63, 3.8) is 0 Å². The van der Waals surface area contributed by atoms with Crippen molar-refractivity contribution in [1.29, 1.82) is 0 Å². The molecular formula is C9H14N3O+. The molecule has 0 bridgehead atoms. The number of carbonyl (C=O) groups is 1. The van der Waals surface area contributed by atoms with Crippen molar-refractivity contribution < 1.29 is 4.79 Å². The standard InChI is InChI=1S/C9H14N3O/c1-7(13)8-5-6-9(11-10-8)12(2,3)4/h5-6H,1-4H3/q+1. The van der Waals surface area contributed by atoms with Crippen molar-refractivity contribution >= 4 is 11.6 Å². The van der Waals surface area contributed by atoms with Gasteiger partial charge in [-0.3, -0.25) is 9.28 Å². The number of quaternary nitrogens is 1. The van der Waals surface area contributed by atoms with E-state index >= 15 is 0 Å². The number of ketones is 1.